The van der Waals surface area contributed by atoms with E-state index in [2.05, 4.69) is 40.1 Å². The summed E-state index contributed by atoms with van der Waals surface area (Å²) in [6, 6.07) is 0.568. The third-order valence-electron chi connectivity index (χ3n) is 4.67. The molecule has 1 aliphatic heterocycles. The number of imidazole rings is 1. The summed E-state index contributed by atoms with van der Waals surface area (Å²) in [6.07, 6.45) is 3.80. The van der Waals surface area contributed by atoms with Crippen molar-refractivity contribution in [2.24, 2.45) is 7.05 Å². The van der Waals surface area contributed by atoms with Crippen LogP contribution in [0.5, 0.6) is 0 Å². The van der Waals surface area contributed by atoms with Crippen LogP contribution in [-0.4, -0.2) is 76.0 Å². The van der Waals surface area contributed by atoms with Gasteiger partial charge in [0.25, 0.3) is 0 Å². The van der Waals surface area contributed by atoms with E-state index < -0.39 is 0 Å². The minimum Gasteiger partial charge on any atom is -0.338 e. The Balaban J connectivity index is 2.07. The van der Waals surface area contributed by atoms with Gasteiger partial charge in [-0.1, -0.05) is 6.92 Å². The smallest absolute Gasteiger partial charge is 0.236 e. The van der Waals surface area contributed by atoms with Crippen LogP contribution in [0.4, 0.5) is 0 Å². The lowest BCUT2D eigenvalue weighted by atomic mass is 10.1. The van der Waals surface area contributed by atoms with E-state index in [0.717, 1.165) is 32.0 Å². The minimum absolute atomic E-state index is 0.187. The molecular weight excluding hydrogens is 278 g/mol. The zero-order chi connectivity index (χ0) is 16.3. The molecule has 2 heterocycles. The van der Waals surface area contributed by atoms with Crippen molar-refractivity contribution in [3.05, 3.63) is 18.2 Å². The van der Waals surface area contributed by atoms with Gasteiger partial charge in [0.2, 0.25) is 5.91 Å². The Kier molecular flexibility index (Phi) is 5.58. The molecule has 1 aromatic heterocycles. The van der Waals surface area contributed by atoms with Gasteiger partial charge in [-0.3, -0.25) is 14.6 Å². The van der Waals surface area contributed by atoms with Gasteiger partial charge in [-0.15, -0.1) is 0 Å². The normalized spacial score (nSPS) is 20.1. The molecule has 0 aromatic carbocycles. The predicted octanol–water partition coefficient (Wildman–Crippen LogP) is 0.966. The molecule has 124 valence electrons. The Morgan fingerprint density at radius 1 is 1.45 bits per heavy atom. The first kappa shape index (κ1) is 17.0. The number of amides is 1. The maximum atomic E-state index is 12.5. The Hall–Kier alpha value is -1.40. The first-order valence-electron chi connectivity index (χ1n) is 8.13. The number of nitrogens with zero attached hydrogens (tertiary/aromatic N) is 5. The van der Waals surface area contributed by atoms with E-state index in [1.165, 1.54) is 0 Å². The van der Waals surface area contributed by atoms with Gasteiger partial charge in [-0.2, -0.15) is 0 Å². The number of hydrogen-bond acceptors (Lipinski definition) is 4. The summed E-state index contributed by atoms with van der Waals surface area (Å²) in [5.41, 5.74) is 0. The zero-order valence-corrected chi connectivity index (χ0v) is 14.5. The van der Waals surface area contributed by atoms with Gasteiger partial charge >= 0.3 is 0 Å². The SMILES string of the molecule is CCN1CCN(C(=O)CN(C)C(C)C)C[C@@H]1c1nccn1C. The van der Waals surface area contributed by atoms with E-state index >= 15 is 0 Å². The van der Waals surface area contributed by atoms with Crippen LogP contribution in [0.25, 0.3) is 0 Å². The largest absolute Gasteiger partial charge is 0.338 e. The molecule has 0 spiro atoms. The molecule has 1 amide bonds. The molecular formula is C16H29N5O. The van der Waals surface area contributed by atoms with Crippen LogP contribution in [-0.2, 0) is 11.8 Å². The van der Waals surface area contributed by atoms with Gasteiger partial charge in [-0.25, -0.2) is 4.98 Å². The van der Waals surface area contributed by atoms with Crippen LogP contribution in [0.1, 0.15) is 32.6 Å². The third kappa shape index (κ3) is 3.67. The fraction of sp³-hybridized carbons (Fsp3) is 0.750. The quantitative estimate of drug-likeness (QED) is 0.813. The second-order valence-electron chi connectivity index (χ2n) is 6.39. The summed E-state index contributed by atoms with van der Waals surface area (Å²) in [4.78, 5) is 23.5. The van der Waals surface area contributed by atoms with Crippen LogP contribution in [0.15, 0.2) is 12.4 Å². The molecule has 0 aliphatic carbocycles. The molecule has 2 rings (SSSR count). The van der Waals surface area contributed by atoms with E-state index in [0.29, 0.717) is 12.6 Å². The molecule has 0 bridgehead atoms. The standard InChI is InChI=1S/C16H29N5O/c1-6-20-9-10-21(15(22)12-19(5)13(2)3)11-14(20)16-17-7-8-18(16)4/h7-8,13-14H,6,9-12H2,1-5H3/t14-/m1/s1. The predicted molar refractivity (Wildman–Crippen MR) is 87.5 cm³/mol. The Bertz CT molecular complexity index is 498. The second-order valence-corrected chi connectivity index (χ2v) is 6.39. The van der Waals surface area contributed by atoms with Crippen molar-refractivity contribution in [1.29, 1.82) is 0 Å². The summed E-state index contributed by atoms with van der Waals surface area (Å²) in [7, 11) is 4.02. The number of aryl methyl sites for hydroxylation is 1. The van der Waals surface area contributed by atoms with Crippen LogP contribution in [0.3, 0.4) is 0 Å². The highest BCUT2D eigenvalue weighted by Gasteiger charge is 2.32. The number of hydrogen-bond donors (Lipinski definition) is 0. The Morgan fingerprint density at radius 3 is 2.73 bits per heavy atom. The molecule has 6 heteroatoms. The molecule has 0 saturated carbocycles. The monoisotopic (exact) mass is 307 g/mol. The maximum absolute atomic E-state index is 12.5. The number of carbonyl (C=O) groups excluding carboxylic acids is 1. The summed E-state index contributed by atoms with van der Waals surface area (Å²) < 4.78 is 2.06. The van der Waals surface area contributed by atoms with Crippen LogP contribution >= 0.6 is 0 Å². The molecule has 1 aromatic rings. The van der Waals surface area contributed by atoms with E-state index in [1.807, 2.05) is 31.4 Å². The highest BCUT2D eigenvalue weighted by Crippen LogP contribution is 2.23. The number of rotatable bonds is 5. The Labute approximate surface area is 133 Å². The van der Waals surface area contributed by atoms with Crippen LogP contribution < -0.4 is 0 Å². The topological polar surface area (TPSA) is 44.6 Å². The van der Waals surface area contributed by atoms with Gasteiger partial charge in [0.1, 0.15) is 5.82 Å². The zero-order valence-electron chi connectivity index (χ0n) is 14.5. The average molecular weight is 307 g/mol. The van der Waals surface area contributed by atoms with E-state index in [1.54, 1.807) is 0 Å². The van der Waals surface area contributed by atoms with Gasteiger partial charge in [0.15, 0.2) is 0 Å². The molecule has 1 atom stereocenters. The molecule has 6 nitrogen and oxygen atoms in total. The van der Waals surface area contributed by atoms with Gasteiger partial charge in [-0.05, 0) is 27.4 Å². The molecule has 1 fully saturated rings. The van der Waals surface area contributed by atoms with Crippen molar-refractivity contribution in [3.8, 4) is 0 Å². The van der Waals surface area contributed by atoms with Crippen LogP contribution in [0, 0.1) is 0 Å². The van der Waals surface area contributed by atoms with Gasteiger partial charge in [0, 0.05) is 45.1 Å². The summed E-state index contributed by atoms with van der Waals surface area (Å²) in [6.45, 7) is 10.3. The van der Waals surface area contributed by atoms with Gasteiger partial charge in [0.05, 0.1) is 12.6 Å². The average Bonchev–Trinajstić information content (AvgIpc) is 2.92. The lowest BCUT2D eigenvalue weighted by Crippen LogP contribution is -2.53. The molecule has 22 heavy (non-hydrogen) atoms. The van der Waals surface area contributed by atoms with Crippen molar-refractivity contribution < 1.29 is 4.79 Å². The summed E-state index contributed by atoms with van der Waals surface area (Å²) in [5, 5.41) is 0. The third-order valence-corrected chi connectivity index (χ3v) is 4.67. The van der Waals surface area contributed by atoms with Crippen molar-refractivity contribution >= 4 is 5.91 Å². The fourth-order valence-electron chi connectivity index (χ4n) is 2.86. The van der Waals surface area contributed by atoms with Crippen molar-refractivity contribution in [2.75, 3.05) is 39.8 Å². The van der Waals surface area contributed by atoms with Crippen molar-refractivity contribution in [2.45, 2.75) is 32.9 Å². The first-order chi connectivity index (χ1) is 10.4. The summed E-state index contributed by atoms with van der Waals surface area (Å²) >= 11 is 0. The van der Waals surface area contributed by atoms with Crippen LogP contribution in [0.2, 0.25) is 0 Å². The highest BCUT2D eigenvalue weighted by atomic mass is 16.2. The Morgan fingerprint density at radius 2 is 2.18 bits per heavy atom. The second kappa shape index (κ2) is 7.24. The van der Waals surface area contributed by atoms with Crippen molar-refractivity contribution in [3.63, 3.8) is 0 Å². The molecule has 1 aliphatic rings. The first-order valence-corrected chi connectivity index (χ1v) is 8.13. The lowest BCUT2D eigenvalue weighted by molar-refractivity contribution is -0.135. The number of piperazine rings is 1. The highest BCUT2D eigenvalue weighted by molar-refractivity contribution is 5.78. The molecule has 0 unspecified atom stereocenters. The number of aromatic nitrogens is 2. The van der Waals surface area contributed by atoms with E-state index in [-0.39, 0.29) is 11.9 Å². The molecule has 1 saturated heterocycles. The lowest BCUT2D eigenvalue weighted by Gasteiger charge is -2.41. The van der Waals surface area contributed by atoms with Crippen molar-refractivity contribution in [1.82, 2.24) is 24.3 Å². The number of likely N-dealkylation sites (N-methyl/N-ethyl adjacent to an activating group) is 2. The van der Waals surface area contributed by atoms with E-state index in [4.69, 9.17) is 0 Å². The number of carbonyl (C=O) groups is 1. The van der Waals surface area contributed by atoms with E-state index in [9.17, 15) is 4.79 Å². The summed E-state index contributed by atoms with van der Waals surface area (Å²) in [5.74, 6) is 1.25. The minimum atomic E-state index is 0.187. The maximum Gasteiger partial charge on any atom is 0.236 e. The molecule has 0 N–H and O–H groups in total. The fourth-order valence-corrected chi connectivity index (χ4v) is 2.86. The van der Waals surface area contributed by atoms with Gasteiger partial charge < -0.3 is 9.47 Å². The molecule has 0 radical (unpaired) electrons.